The van der Waals surface area contributed by atoms with E-state index in [1.807, 2.05) is 20.8 Å². The maximum absolute atomic E-state index is 13.9. The quantitative estimate of drug-likeness (QED) is 0.411. The molecule has 0 spiro atoms. The van der Waals surface area contributed by atoms with E-state index in [1.165, 1.54) is 11.0 Å². The molecule has 0 radical (unpaired) electrons. The van der Waals surface area contributed by atoms with E-state index >= 15 is 0 Å². The second-order valence-corrected chi connectivity index (χ2v) is 11.4. The van der Waals surface area contributed by atoms with Crippen LogP contribution in [0.2, 0.25) is 0 Å². The molecule has 0 aliphatic heterocycles. The van der Waals surface area contributed by atoms with E-state index in [4.69, 9.17) is 4.74 Å². The summed E-state index contributed by atoms with van der Waals surface area (Å²) in [6.07, 6.45) is 4.22. The third kappa shape index (κ3) is 8.33. The van der Waals surface area contributed by atoms with E-state index in [1.54, 1.807) is 39.0 Å². The molecule has 2 atom stereocenters. The van der Waals surface area contributed by atoms with Crippen LogP contribution in [0.15, 0.2) is 24.3 Å². The molecule has 0 bridgehead atoms. The maximum Gasteiger partial charge on any atom is 0.408 e. The Morgan fingerprint density at radius 1 is 1.09 bits per heavy atom. The molecule has 1 saturated carbocycles. The summed E-state index contributed by atoms with van der Waals surface area (Å²) in [5, 5.41) is 16.4. The maximum atomic E-state index is 13.9. The highest BCUT2D eigenvalue weighted by atomic mass is 32.1. The molecule has 1 aromatic rings. The van der Waals surface area contributed by atoms with Gasteiger partial charge >= 0.3 is 6.09 Å². The standard InChI is InChI=1S/C26H41N3O5S/c1-25(2,3)29(23(32)19(16-35)28-24(33)34-26(4,5)6)21(18-14-10-11-15-20(18)30)22(31)27-17-12-8-7-9-13-17/h10-11,14-15,17,19,21,30,35H,7-9,12-13,16H2,1-6H3,(H,27,31)(H,28,33). The van der Waals surface area contributed by atoms with E-state index in [-0.39, 0.29) is 23.5 Å². The Labute approximate surface area is 214 Å². The first-order valence-corrected chi connectivity index (χ1v) is 12.9. The topological polar surface area (TPSA) is 108 Å². The first-order chi connectivity index (χ1) is 16.2. The van der Waals surface area contributed by atoms with Crippen molar-refractivity contribution in [2.45, 2.75) is 103 Å². The summed E-state index contributed by atoms with van der Waals surface area (Å²) in [6, 6.07) is 4.40. The van der Waals surface area contributed by atoms with E-state index in [0.717, 1.165) is 32.1 Å². The average molecular weight is 508 g/mol. The smallest absolute Gasteiger partial charge is 0.408 e. The molecular weight excluding hydrogens is 466 g/mol. The van der Waals surface area contributed by atoms with Gasteiger partial charge in [-0.15, -0.1) is 0 Å². The third-order valence-electron chi connectivity index (χ3n) is 5.82. The van der Waals surface area contributed by atoms with Gasteiger partial charge in [-0.2, -0.15) is 12.6 Å². The van der Waals surface area contributed by atoms with E-state index in [0.29, 0.717) is 5.56 Å². The molecule has 0 saturated heterocycles. The second-order valence-electron chi connectivity index (χ2n) is 11.1. The summed E-state index contributed by atoms with van der Waals surface area (Å²) in [6.45, 7) is 10.6. The number of carbonyl (C=O) groups is 3. The van der Waals surface area contributed by atoms with Crippen LogP contribution in [0, 0.1) is 0 Å². The van der Waals surface area contributed by atoms with Crippen molar-refractivity contribution in [2.24, 2.45) is 0 Å². The lowest BCUT2D eigenvalue weighted by Gasteiger charge is -2.43. The van der Waals surface area contributed by atoms with Gasteiger partial charge in [0.05, 0.1) is 0 Å². The number of phenolic OH excluding ortho intramolecular Hbond substituents is 1. The molecule has 0 heterocycles. The van der Waals surface area contributed by atoms with Gasteiger partial charge in [0.2, 0.25) is 11.8 Å². The van der Waals surface area contributed by atoms with Crippen molar-refractivity contribution < 1.29 is 24.2 Å². The molecule has 35 heavy (non-hydrogen) atoms. The number of nitrogens with zero attached hydrogens (tertiary/aromatic N) is 1. The van der Waals surface area contributed by atoms with Crippen molar-refractivity contribution in [1.29, 1.82) is 0 Å². The van der Waals surface area contributed by atoms with Gasteiger partial charge < -0.3 is 25.4 Å². The van der Waals surface area contributed by atoms with Crippen LogP contribution >= 0.6 is 12.6 Å². The van der Waals surface area contributed by atoms with E-state index in [2.05, 4.69) is 23.3 Å². The minimum Gasteiger partial charge on any atom is -0.508 e. The number of hydrogen-bond donors (Lipinski definition) is 4. The first kappa shape index (κ1) is 28.8. The van der Waals surface area contributed by atoms with Crippen molar-refractivity contribution in [3.8, 4) is 5.75 Å². The zero-order valence-corrected chi connectivity index (χ0v) is 22.7. The molecule has 1 aromatic carbocycles. The highest BCUT2D eigenvalue weighted by Gasteiger charge is 2.43. The minimum absolute atomic E-state index is 0.00237. The van der Waals surface area contributed by atoms with Crippen molar-refractivity contribution in [3.05, 3.63) is 29.8 Å². The number of nitrogens with one attached hydrogen (secondary N) is 2. The molecular formula is C26H41N3O5S. The third-order valence-corrected chi connectivity index (χ3v) is 6.19. The number of para-hydroxylation sites is 1. The van der Waals surface area contributed by atoms with Crippen LogP contribution < -0.4 is 10.6 Å². The number of ether oxygens (including phenoxy) is 1. The van der Waals surface area contributed by atoms with Crippen LogP contribution in [0.1, 0.15) is 85.3 Å². The molecule has 1 aliphatic rings. The highest BCUT2D eigenvalue weighted by Crippen LogP contribution is 2.35. The number of thiol groups is 1. The summed E-state index contributed by atoms with van der Waals surface area (Å²) in [5.41, 5.74) is -1.25. The predicted molar refractivity (Wildman–Crippen MR) is 139 cm³/mol. The normalized spacial score (nSPS) is 16.7. The van der Waals surface area contributed by atoms with Gasteiger partial charge in [-0.25, -0.2) is 4.79 Å². The summed E-state index contributed by atoms with van der Waals surface area (Å²) < 4.78 is 5.32. The van der Waals surface area contributed by atoms with Gasteiger partial charge in [0.25, 0.3) is 0 Å². The van der Waals surface area contributed by atoms with Crippen molar-refractivity contribution >= 4 is 30.5 Å². The van der Waals surface area contributed by atoms with Crippen LogP contribution in [0.3, 0.4) is 0 Å². The molecule has 3 amide bonds. The zero-order chi connectivity index (χ0) is 26.4. The number of phenols is 1. The highest BCUT2D eigenvalue weighted by molar-refractivity contribution is 7.80. The fourth-order valence-electron chi connectivity index (χ4n) is 4.29. The molecule has 1 fully saturated rings. The minimum atomic E-state index is -1.10. The molecule has 1 aliphatic carbocycles. The Balaban J connectivity index is 2.46. The Kier molecular flexibility index (Phi) is 9.89. The number of alkyl carbamates (subject to hydrolysis) is 1. The van der Waals surface area contributed by atoms with Crippen molar-refractivity contribution in [2.75, 3.05) is 5.75 Å². The van der Waals surface area contributed by atoms with Gasteiger partial charge in [0.15, 0.2) is 0 Å². The Hall–Kier alpha value is -2.42. The lowest BCUT2D eigenvalue weighted by atomic mass is 9.92. The molecule has 9 heteroatoms. The fourth-order valence-corrected chi connectivity index (χ4v) is 4.54. The van der Waals surface area contributed by atoms with Gasteiger partial charge in [0.1, 0.15) is 23.4 Å². The fraction of sp³-hybridized carbons (Fsp3) is 0.654. The summed E-state index contributed by atoms with van der Waals surface area (Å²) in [7, 11) is 0. The number of carbonyl (C=O) groups excluding carboxylic acids is 3. The molecule has 3 N–H and O–H groups in total. The van der Waals surface area contributed by atoms with Gasteiger partial charge in [-0.05, 0) is 60.5 Å². The number of amides is 3. The molecule has 2 unspecified atom stereocenters. The summed E-state index contributed by atoms with van der Waals surface area (Å²) >= 11 is 4.30. The molecule has 196 valence electrons. The van der Waals surface area contributed by atoms with Crippen LogP contribution in [0.5, 0.6) is 5.75 Å². The Morgan fingerprint density at radius 3 is 2.20 bits per heavy atom. The molecule has 2 rings (SSSR count). The van der Waals surface area contributed by atoms with E-state index < -0.39 is 35.2 Å². The summed E-state index contributed by atoms with van der Waals surface area (Å²) in [4.78, 5) is 41.5. The predicted octanol–water partition coefficient (Wildman–Crippen LogP) is 4.33. The Morgan fingerprint density at radius 2 is 1.69 bits per heavy atom. The lowest BCUT2D eigenvalue weighted by Crippen LogP contribution is -2.59. The van der Waals surface area contributed by atoms with Crippen molar-refractivity contribution in [1.82, 2.24) is 15.5 Å². The Bertz CT molecular complexity index is 888. The van der Waals surface area contributed by atoms with Gasteiger partial charge in [0, 0.05) is 22.9 Å². The lowest BCUT2D eigenvalue weighted by molar-refractivity contribution is -0.148. The van der Waals surface area contributed by atoms with Crippen LogP contribution in [0.25, 0.3) is 0 Å². The monoisotopic (exact) mass is 507 g/mol. The van der Waals surface area contributed by atoms with Crippen LogP contribution in [-0.4, -0.2) is 56.9 Å². The van der Waals surface area contributed by atoms with Gasteiger partial charge in [-0.3, -0.25) is 9.59 Å². The van der Waals surface area contributed by atoms with Crippen molar-refractivity contribution in [3.63, 3.8) is 0 Å². The van der Waals surface area contributed by atoms with Gasteiger partial charge in [-0.1, -0.05) is 37.5 Å². The largest absolute Gasteiger partial charge is 0.508 e. The molecule has 0 aromatic heterocycles. The second kappa shape index (κ2) is 12.0. The van der Waals surface area contributed by atoms with Crippen LogP contribution in [-0.2, 0) is 14.3 Å². The number of hydrogen-bond acceptors (Lipinski definition) is 6. The number of rotatable bonds is 7. The first-order valence-electron chi connectivity index (χ1n) is 12.3. The number of aromatic hydroxyl groups is 1. The average Bonchev–Trinajstić information content (AvgIpc) is 2.74. The van der Waals surface area contributed by atoms with E-state index in [9.17, 15) is 19.5 Å². The SMILES string of the molecule is CC(C)(C)OC(=O)NC(CS)C(=O)N(C(C(=O)NC1CCCCC1)c1ccccc1O)C(C)(C)C. The molecule has 8 nitrogen and oxygen atoms in total. The van der Waals surface area contributed by atoms with Crippen LogP contribution in [0.4, 0.5) is 4.79 Å². The zero-order valence-electron chi connectivity index (χ0n) is 21.8. The summed E-state index contributed by atoms with van der Waals surface area (Å²) in [5.74, 6) is -0.939. The number of benzene rings is 1.